The smallest absolute Gasteiger partial charge is 0.335 e. The molecule has 0 spiro atoms. The molecule has 0 bridgehead atoms. The summed E-state index contributed by atoms with van der Waals surface area (Å²) in [7, 11) is 0. The molecule has 0 radical (unpaired) electrons. The van der Waals surface area contributed by atoms with Gasteiger partial charge in [-0.05, 0) is 30.5 Å². The van der Waals surface area contributed by atoms with Gasteiger partial charge >= 0.3 is 5.97 Å². The van der Waals surface area contributed by atoms with Crippen molar-refractivity contribution in [3.05, 3.63) is 46.5 Å². The Balaban J connectivity index is 1.97. The lowest BCUT2D eigenvalue weighted by Crippen LogP contribution is -1.97. The molecule has 2 rings (SSSR count). The highest BCUT2D eigenvalue weighted by atomic mass is 32.1. The Morgan fingerprint density at radius 2 is 2.00 bits per heavy atom. The van der Waals surface area contributed by atoms with Gasteiger partial charge in [0.25, 0.3) is 0 Å². The van der Waals surface area contributed by atoms with Gasteiger partial charge in [-0.15, -0.1) is 11.3 Å². The highest BCUT2D eigenvalue weighted by Crippen LogP contribution is 2.14. The first-order chi connectivity index (χ1) is 8.15. The molecule has 88 valence electrons. The van der Waals surface area contributed by atoms with Crippen LogP contribution >= 0.6 is 11.3 Å². The van der Waals surface area contributed by atoms with Gasteiger partial charge in [0.1, 0.15) is 0 Å². The van der Waals surface area contributed by atoms with E-state index in [1.807, 2.05) is 17.5 Å². The Morgan fingerprint density at radius 3 is 2.53 bits per heavy atom. The molecule has 0 atom stereocenters. The molecular weight excluding hydrogens is 236 g/mol. The molecule has 0 amide bonds. The van der Waals surface area contributed by atoms with Gasteiger partial charge in [-0.1, -0.05) is 12.1 Å². The number of nitrogens with zero attached hydrogens (tertiary/aromatic N) is 1. The summed E-state index contributed by atoms with van der Waals surface area (Å²) in [6.07, 6.45) is 1.66. The maximum Gasteiger partial charge on any atom is 0.335 e. The summed E-state index contributed by atoms with van der Waals surface area (Å²) in [6.45, 7) is 0. The Morgan fingerprint density at radius 1 is 1.29 bits per heavy atom. The minimum atomic E-state index is -0.899. The Hall–Kier alpha value is -1.88. The SMILES string of the molecule is Nc1nc(CCc2ccc(C(=O)O)cc2)cs1. The lowest BCUT2D eigenvalue weighted by molar-refractivity contribution is 0.0697. The number of thiazole rings is 1. The van der Waals surface area contributed by atoms with Crippen molar-refractivity contribution in [1.29, 1.82) is 0 Å². The average Bonchev–Trinajstić information content (AvgIpc) is 2.73. The van der Waals surface area contributed by atoms with Crippen molar-refractivity contribution in [1.82, 2.24) is 4.98 Å². The van der Waals surface area contributed by atoms with Gasteiger partial charge in [-0.3, -0.25) is 0 Å². The molecule has 17 heavy (non-hydrogen) atoms. The van der Waals surface area contributed by atoms with Crippen LogP contribution in [0, 0.1) is 0 Å². The summed E-state index contributed by atoms with van der Waals surface area (Å²) in [5.41, 5.74) is 7.93. The molecule has 2 aromatic rings. The second kappa shape index (κ2) is 4.97. The zero-order valence-electron chi connectivity index (χ0n) is 9.09. The van der Waals surface area contributed by atoms with Gasteiger partial charge in [0.15, 0.2) is 5.13 Å². The normalized spacial score (nSPS) is 10.4. The molecule has 0 saturated carbocycles. The summed E-state index contributed by atoms with van der Waals surface area (Å²) in [5, 5.41) is 11.3. The fourth-order valence-corrected chi connectivity index (χ4v) is 2.12. The third-order valence-corrected chi connectivity index (χ3v) is 3.16. The molecule has 0 saturated heterocycles. The molecule has 1 aromatic carbocycles. The van der Waals surface area contributed by atoms with E-state index in [0.29, 0.717) is 10.7 Å². The largest absolute Gasteiger partial charge is 0.478 e. The number of rotatable bonds is 4. The van der Waals surface area contributed by atoms with Crippen molar-refractivity contribution < 1.29 is 9.90 Å². The number of nitrogens with two attached hydrogens (primary N) is 1. The third-order valence-electron chi connectivity index (χ3n) is 2.44. The first-order valence-electron chi connectivity index (χ1n) is 5.17. The number of carboxylic acids is 1. The number of aryl methyl sites for hydroxylation is 2. The van der Waals surface area contributed by atoms with Crippen LogP contribution in [0.1, 0.15) is 21.6 Å². The summed E-state index contributed by atoms with van der Waals surface area (Å²) in [6, 6.07) is 6.90. The highest BCUT2D eigenvalue weighted by molar-refractivity contribution is 7.13. The molecule has 5 heteroatoms. The lowest BCUT2D eigenvalue weighted by atomic mass is 10.1. The van der Waals surface area contributed by atoms with Crippen LogP contribution in [-0.2, 0) is 12.8 Å². The molecule has 0 aliphatic carbocycles. The number of benzene rings is 1. The quantitative estimate of drug-likeness (QED) is 0.869. The first kappa shape index (κ1) is 11.6. The molecule has 0 aliphatic rings. The fourth-order valence-electron chi connectivity index (χ4n) is 1.52. The maximum absolute atomic E-state index is 10.7. The summed E-state index contributed by atoms with van der Waals surface area (Å²) < 4.78 is 0. The van der Waals surface area contributed by atoms with Crippen LogP contribution in [0.3, 0.4) is 0 Å². The number of nitrogen functional groups attached to an aromatic ring is 1. The predicted molar refractivity (Wildman–Crippen MR) is 67.3 cm³/mol. The minimum absolute atomic E-state index is 0.312. The zero-order valence-corrected chi connectivity index (χ0v) is 9.91. The summed E-state index contributed by atoms with van der Waals surface area (Å²) in [5.74, 6) is -0.899. The van der Waals surface area contributed by atoms with Crippen LogP contribution < -0.4 is 5.73 Å². The second-order valence-corrected chi connectivity index (χ2v) is 4.57. The monoisotopic (exact) mass is 248 g/mol. The van der Waals surface area contributed by atoms with Crippen molar-refractivity contribution in [3.8, 4) is 0 Å². The maximum atomic E-state index is 10.7. The highest BCUT2D eigenvalue weighted by Gasteiger charge is 2.03. The van der Waals surface area contributed by atoms with E-state index in [-0.39, 0.29) is 0 Å². The number of aromatic carboxylic acids is 1. The molecule has 0 unspecified atom stereocenters. The Bertz CT molecular complexity index is 520. The number of carbonyl (C=O) groups is 1. The van der Waals surface area contributed by atoms with Gasteiger partial charge in [-0.25, -0.2) is 9.78 Å². The van der Waals surface area contributed by atoms with E-state index in [1.165, 1.54) is 11.3 Å². The lowest BCUT2D eigenvalue weighted by Gasteiger charge is -2.00. The van der Waals surface area contributed by atoms with Crippen LogP contribution in [0.15, 0.2) is 29.6 Å². The van der Waals surface area contributed by atoms with E-state index < -0.39 is 5.97 Å². The number of hydrogen-bond acceptors (Lipinski definition) is 4. The van der Waals surface area contributed by atoms with E-state index in [4.69, 9.17) is 10.8 Å². The molecule has 0 aliphatic heterocycles. The Kier molecular flexibility index (Phi) is 3.39. The first-order valence-corrected chi connectivity index (χ1v) is 6.05. The summed E-state index contributed by atoms with van der Waals surface area (Å²) >= 11 is 1.43. The van der Waals surface area contributed by atoms with Crippen LogP contribution in [0.5, 0.6) is 0 Å². The molecule has 1 heterocycles. The van der Waals surface area contributed by atoms with E-state index >= 15 is 0 Å². The van der Waals surface area contributed by atoms with Gasteiger partial charge in [0.05, 0.1) is 11.3 Å². The van der Waals surface area contributed by atoms with Gasteiger partial charge in [0, 0.05) is 5.38 Å². The third kappa shape index (κ3) is 3.04. The zero-order chi connectivity index (χ0) is 12.3. The molecule has 4 nitrogen and oxygen atoms in total. The predicted octanol–water partition coefficient (Wildman–Crippen LogP) is 2.21. The van der Waals surface area contributed by atoms with Gasteiger partial charge in [-0.2, -0.15) is 0 Å². The van der Waals surface area contributed by atoms with Crippen LogP contribution in [0.4, 0.5) is 5.13 Å². The van der Waals surface area contributed by atoms with Crippen molar-refractivity contribution in [3.63, 3.8) is 0 Å². The minimum Gasteiger partial charge on any atom is -0.478 e. The standard InChI is InChI=1S/C12H12N2O2S/c13-12-14-10(7-17-12)6-3-8-1-4-9(5-2-8)11(15)16/h1-2,4-5,7H,3,6H2,(H2,13,14)(H,15,16). The number of carboxylic acid groups (broad SMARTS) is 1. The van der Waals surface area contributed by atoms with E-state index in [1.54, 1.807) is 12.1 Å². The number of hydrogen-bond donors (Lipinski definition) is 2. The molecule has 0 fully saturated rings. The van der Waals surface area contributed by atoms with Crippen molar-refractivity contribution in [2.24, 2.45) is 0 Å². The van der Waals surface area contributed by atoms with Crippen molar-refractivity contribution in [2.75, 3.05) is 5.73 Å². The molecule has 3 N–H and O–H groups in total. The van der Waals surface area contributed by atoms with E-state index in [9.17, 15) is 4.79 Å². The topological polar surface area (TPSA) is 76.2 Å². The van der Waals surface area contributed by atoms with Crippen LogP contribution in [0.2, 0.25) is 0 Å². The fraction of sp³-hybridized carbons (Fsp3) is 0.167. The van der Waals surface area contributed by atoms with Gasteiger partial charge < -0.3 is 10.8 Å². The van der Waals surface area contributed by atoms with Gasteiger partial charge in [0.2, 0.25) is 0 Å². The van der Waals surface area contributed by atoms with Crippen molar-refractivity contribution >= 4 is 22.4 Å². The van der Waals surface area contributed by atoms with E-state index in [0.717, 1.165) is 24.1 Å². The molecular formula is C12H12N2O2S. The molecule has 1 aromatic heterocycles. The van der Waals surface area contributed by atoms with Crippen molar-refractivity contribution in [2.45, 2.75) is 12.8 Å². The number of aromatic nitrogens is 1. The van der Waals surface area contributed by atoms with E-state index in [2.05, 4.69) is 4.98 Å². The Labute approximate surface area is 103 Å². The number of anilines is 1. The average molecular weight is 248 g/mol. The second-order valence-electron chi connectivity index (χ2n) is 3.68. The van der Waals surface area contributed by atoms with Crippen LogP contribution in [0.25, 0.3) is 0 Å². The van der Waals surface area contributed by atoms with Crippen LogP contribution in [-0.4, -0.2) is 16.1 Å². The summed E-state index contributed by atoms with van der Waals surface area (Å²) in [4.78, 5) is 14.8.